The summed E-state index contributed by atoms with van der Waals surface area (Å²) in [5.41, 5.74) is -0.359. The third-order valence-electron chi connectivity index (χ3n) is 3.80. The molecule has 0 aromatic rings. The molecule has 14 heavy (non-hydrogen) atoms. The van der Waals surface area contributed by atoms with Crippen molar-refractivity contribution in [3.8, 4) is 0 Å². The third kappa shape index (κ3) is 2.29. The van der Waals surface area contributed by atoms with Gasteiger partial charge in [0, 0.05) is 12.6 Å². The van der Waals surface area contributed by atoms with Crippen molar-refractivity contribution in [2.24, 2.45) is 11.8 Å². The smallest absolute Gasteiger partial charge is 0.0771 e. The van der Waals surface area contributed by atoms with E-state index in [-0.39, 0.29) is 5.60 Å². The molecule has 2 nitrogen and oxygen atoms in total. The highest BCUT2D eigenvalue weighted by atomic mass is 16.3. The first kappa shape index (κ1) is 10.4. The lowest BCUT2D eigenvalue weighted by atomic mass is 9.80. The summed E-state index contributed by atoms with van der Waals surface area (Å²) in [4.78, 5) is 0. The van der Waals surface area contributed by atoms with E-state index in [4.69, 9.17) is 0 Å². The molecule has 2 fully saturated rings. The quantitative estimate of drug-likeness (QED) is 0.706. The van der Waals surface area contributed by atoms with Crippen LogP contribution in [0, 0.1) is 11.8 Å². The van der Waals surface area contributed by atoms with Crippen molar-refractivity contribution < 1.29 is 5.11 Å². The third-order valence-corrected chi connectivity index (χ3v) is 3.80. The van der Waals surface area contributed by atoms with E-state index in [2.05, 4.69) is 19.2 Å². The fourth-order valence-corrected chi connectivity index (χ4v) is 2.47. The molecule has 0 radical (unpaired) electrons. The average Bonchev–Trinajstić information content (AvgIpc) is 2.84. The van der Waals surface area contributed by atoms with Gasteiger partial charge in [-0.15, -0.1) is 0 Å². The molecule has 0 spiro atoms. The van der Waals surface area contributed by atoms with E-state index in [0.717, 1.165) is 25.3 Å². The van der Waals surface area contributed by atoms with Gasteiger partial charge in [-0.05, 0) is 43.9 Å². The molecule has 0 saturated heterocycles. The van der Waals surface area contributed by atoms with E-state index in [1.165, 1.54) is 19.3 Å². The lowest BCUT2D eigenvalue weighted by molar-refractivity contribution is -0.0347. The Morgan fingerprint density at radius 1 is 1.36 bits per heavy atom. The van der Waals surface area contributed by atoms with Gasteiger partial charge in [-0.25, -0.2) is 0 Å². The number of hydrogen-bond acceptors (Lipinski definition) is 2. The van der Waals surface area contributed by atoms with E-state index in [0.29, 0.717) is 12.0 Å². The molecule has 2 heteroatoms. The Morgan fingerprint density at radius 2 is 2.00 bits per heavy atom. The molecule has 0 heterocycles. The first-order chi connectivity index (χ1) is 6.61. The largest absolute Gasteiger partial charge is 0.389 e. The Kier molecular flexibility index (Phi) is 2.85. The molecule has 2 N–H and O–H groups in total. The molecule has 1 atom stereocenters. The molecule has 2 rings (SSSR count). The van der Waals surface area contributed by atoms with Gasteiger partial charge in [0.15, 0.2) is 0 Å². The van der Waals surface area contributed by atoms with Crippen LogP contribution in [-0.2, 0) is 0 Å². The highest BCUT2D eigenvalue weighted by Crippen LogP contribution is 2.37. The van der Waals surface area contributed by atoms with Crippen LogP contribution in [-0.4, -0.2) is 23.3 Å². The molecule has 0 aromatic heterocycles. The number of rotatable bonds is 5. The van der Waals surface area contributed by atoms with Crippen molar-refractivity contribution in [3.63, 3.8) is 0 Å². The van der Waals surface area contributed by atoms with Crippen LogP contribution in [0.15, 0.2) is 0 Å². The molecular weight excluding hydrogens is 174 g/mol. The van der Waals surface area contributed by atoms with E-state index in [9.17, 15) is 5.11 Å². The summed E-state index contributed by atoms with van der Waals surface area (Å²) in [6.07, 6.45) is 5.96. The van der Waals surface area contributed by atoms with Gasteiger partial charge in [0.25, 0.3) is 0 Å². The highest BCUT2D eigenvalue weighted by Gasteiger charge is 2.38. The number of hydrogen-bond donors (Lipinski definition) is 2. The lowest BCUT2D eigenvalue weighted by Crippen LogP contribution is -2.50. The maximum Gasteiger partial charge on any atom is 0.0771 e. The van der Waals surface area contributed by atoms with Gasteiger partial charge < -0.3 is 10.4 Å². The first-order valence-electron chi connectivity index (χ1n) is 6.06. The Labute approximate surface area is 87.1 Å². The van der Waals surface area contributed by atoms with Gasteiger partial charge >= 0.3 is 0 Å². The second-order valence-electron chi connectivity index (χ2n) is 5.57. The summed E-state index contributed by atoms with van der Waals surface area (Å²) in [5, 5.41) is 13.6. The van der Waals surface area contributed by atoms with Crippen molar-refractivity contribution in [1.29, 1.82) is 0 Å². The van der Waals surface area contributed by atoms with Gasteiger partial charge in [0.2, 0.25) is 0 Å². The molecule has 2 aliphatic carbocycles. The van der Waals surface area contributed by atoms with Crippen molar-refractivity contribution in [1.82, 2.24) is 5.32 Å². The minimum absolute atomic E-state index is 0.359. The van der Waals surface area contributed by atoms with Crippen LogP contribution in [0.3, 0.4) is 0 Å². The summed E-state index contributed by atoms with van der Waals surface area (Å²) in [6, 6.07) is 0.639. The van der Waals surface area contributed by atoms with Gasteiger partial charge in [-0.2, -0.15) is 0 Å². The predicted molar refractivity (Wildman–Crippen MR) is 58.2 cm³/mol. The predicted octanol–water partition coefficient (Wildman–Crippen LogP) is 1.93. The van der Waals surface area contributed by atoms with Gasteiger partial charge in [-0.3, -0.25) is 0 Å². The summed E-state index contributed by atoms with van der Waals surface area (Å²) in [7, 11) is 0. The van der Waals surface area contributed by atoms with Crippen LogP contribution < -0.4 is 5.32 Å². The zero-order chi connectivity index (χ0) is 10.2. The second kappa shape index (κ2) is 3.82. The van der Waals surface area contributed by atoms with Crippen molar-refractivity contribution in [2.45, 2.75) is 57.6 Å². The molecule has 82 valence electrons. The molecular formula is C12H23NO. The second-order valence-corrected chi connectivity index (χ2v) is 5.57. The van der Waals surface area contributed by atoms with E-state index >= 15 is 0 Å². The van der Waals surface area contributed by atoms with Crippen LogP contribution in [0.2, 0.25) is 0 Å². The Bertz CT molecular complexity index is 192. The van der Waals surface area contributed by atoms with Crippen LogP contribution in [0.4, 0.5) is 0 Å². The average molecular weight is 197 g/mol. The molecule has 0 bridgehead atoms. The van der Waals surface area contributed by atoms with Gasteiger partial charge in [0.05, 0.1) is 5.60 Å². The minimum atomic E-state index is -0.359. The van der Waals surface area contributed by atoms with Crippen LogP contribution in [0.1, 0.15) is 46.0 Å². The Balaban J connectivity index is 1.76. The zero-order valence-corrected chi connectivity index (χ0v) is 9.42. The maximum absolute atomic E-state index is 9.98. The van der Waals surface area contributed by atoms with Crippen LogP contribution in [0.5, 0.6) is 0 Å². The van der Waals surface area contributed by atoms with Gasteiger partial charge in [-0.1, -0.05) is 13.8 Å². The normalized spacial score (nSPS) is 27.4. The van der Waals surface area contributed by atoms with E-state index in [1.54, 1.807) is 0 Å². The number of aliphatic hydroxyl groups is 1. The molecule has 2 aliphatic rings. The Morgan fingerprint density at radius 3 is 2.36 bits per heavy atom. The molecule has 0 amide bonds. The van der Waals surface area contributed by atoms with Crippen LogP contribution in [0.25, 0.3) is 0 Å². The van der Waals surface area contributed by atoms with Crippen molar-refractivity contribution in [3.05, 3.63) is 0 Å². The van der Waals surface area contributed by atoms with E-state index < -0.39 is 0 Å². The topological polar surface area (TPSA) is 32.3 Å². The molecule has 0 aromatic carbocycles. The summed E-state index contributed by atoms with van der Waals surface area (Å²) >= 11 is 0. The highest BCUT2D eigenvalue weighted by molar-refractivity contribution is 4.94. The number of nitrogens with one attached hydrogen (secondary N) is 1. The summed E-state index contributed by atoms with van der Waals surface area (Å²) in [5.74, 6) is 1.59. The maximum atomic E-state index is 9.98. The molecule has 1 unspecified atom stereocenters. The monoisotopic (exact) mass is 197 g/mol. The minimum Gasteiger partial charge on any atom is -0.389 e. The SMILES string of the molecule is CC(C)C(NCC1(O)CCC1)C1CC1. The van der Waals surface area contributed by atoms with E-state index in [1.807, 2.05) is 0 Å². The zero-order valence-electron chi connectivity index (χ0n) is 9.42. The van der Waals surface area contributed by atoms with Crippen molar-refractivity contribution in [2.75, 3.05) is 6.54 Å². The Hall–Kier alpha value is -0.0800. The summed E-state index contributed by atoms with van der Waals surface area (Å²) in [6.45, 7) is 5.37. The fourth-order valence-electron chi connectivity index (χ4n) is 2.47. The first-order valence-corrected chi connectivity index (χ1v) is 6.06. The molecule has 2 saturated carbocycles. The molecule has 0 aliphatic heterocycles. The van der Waals surface area contributed by atoms with Crippen LogP contribution >= 0.6 is 0 Å². The van der Waals surface area contributed by atoms with Gasteiger partial charge in [0.1, 0.15) is 0 Å². The lowest BCUT2D eigenvalue weighted by Gasteiger charge is -2.38. The fraction of sp³-hybridized carbons (Fsp3) is 1.00. The standard InChI is InChI=1S/C12H23NO/c1-9(2)11(10-4-5-10)13-8-12(14)6-3-7-12/h9-11,13-14H,3-8H2,1-2H3. The van der Waals surface area contributed by atoms with Crippen molar-refractivity contribution >= 4 is 0 Å². The summed E-state index contributed by atoms with van der Waals surface area (Å²) < 4.78 is 0.